The molecule has 2 heterocycles. The van der Waals surface area contributed by atoms with E-state index in [0.717, 1.165) is 30.4 Å². The predicted molar refractivity (Wildman–Crippen MR) is 65.6 cm³/mol. The molecule has 0 saturated carbocycles. The van der Waals surface area contributed by atoms with Crippen molar-refractivity contribution in [2.75, 3.05) is 0 Å². The summed E-state index contributed by atoms with van der Waals surface area (Å²) >= 11 is 0. The first-order valence-corrected chi connectivity index (χ1v) is 6.03. The van der Waals surface area contributed by atoms with Gasteiger partial charge in [0.2, 0.25) is 0 Å². The molecule has 2 bridgehead atoms. The standard InChI is InChI=1S/C14H15NO2/c16-14(17)13-11(9-4-2-1-3-5-9)8-10-6-7-12(13)15-10/h1-5,10,12,15H,6-8H2,(H,16,17). The van der Waals surface area contributed by atoms with Crippen LogP contribution in [0.4, 0.5) is 0 Å². The van der Waals surface area contributed by atoms with Gasteiger partial charge in [-0.15, -0.1) is 0 Å². The molecule has 1 fully saturated rings. The zero-order valence-electron chi connectivity index (χ0n) is 9.52. The van der Waals surface area contributed by atoms with E-state index in [2.05, 4.69) is 5.32 Å². The molecule has 1 saturated heterocycles. The molecular formula is C14H15NO2. The van der Waals surface area contributed by atoms with E-state index in [4.69, 9.17) is 0 Å². The third-order valence-corrected chi connectivity index (χ3v) is 3.72. The molecule has 3 nitrogen and oxygen atoms in total. The minimum Gasteiger partial charge on any atom is -0.478 e. The quantitative estimate of drug-likeness (QED) is 0.816. The first-order chi connectivity index (χ1) is 8.25. The number of fused-ring (bicyclic) bond motifs is 2. The highest BCUT2D eigenvalue weighted by Gasteiger charge is 2.37. The Morgan fingerprint density at radius 2 is 2.00 bits per heavy atom. The molecule has 0 aliphatic carbocycles. The van der Waals surface area contributed by atoms with E-state index >= 15 is 0 Å². The normalized spacial score (nSPS) is 27.3. The number of carboxylic acid groups (broad SMARTS) is 1. The van der Waals surface area contributed by atoms with Crippen molar-refractivity contribution in [1.82, 2.24) is 5.32 Å². The second-order valence-electron chi connectivity index (χ2n) is 4.76. The number of hydrogen-bond donors (Lipinski definition) is 2. The van der Waals surface area contributed by atoms with Crippen LogP contribution in [0.1, 0.15) is 24.8 Å². The molecule has 0 amide bonds. The van der Waals surface area contributed by atoms with Crippen molar-refractivity contribution in [3.8, 4) is 0 Å². The Kier molecular flexibility index (Phi) is 2.48. The summed E-state index contributed by atoms with van der Waals surface area (Å²) in [5, 5.41) is 12.8. The number of carbonyl (C=O) groups is 1. The molecule has 0 aromatic heterocycles. The highest BCUT2D eigenvalue weighted by Crippen LogP contribution is 2.36. The van der Waals surface area contributed by atoms with Crippen molar-refractivity contribution < 1.29 is 9.90 Å². The second-order valence-corrected chi connectivity index (χ2v) is 4.76. The largest absolute Gasteiger partial charge is 0.478 e. The highest BCUT2D eigenvalue weighted by atomic mass is 16.4. The molecule has 1 aromatic carbocycles. The van der Waals surface area contributed by atoms with Crippen LogP contribution in [0.25, 0.3) is 5.57 Å². The zero-order chi connectivity index (χ0) is 11.8. The Morgan fingerprint density at radius 3 is 2.71 bits per heavy atom. The van der Waals surface area contributed by atoms with Crippen molar-refractivity contribution >= 4 is 11.5 Å². The maximum atomic E-state index is 11.4. The molecule has 2 unspecified atom stereocenters. The lowest BCUT2D eigenvalue weighted by Crippen LogP contribution is -2.38. The second kappa shape index (κ2) is 4.00. The van der Waals surface area contributed by atoms with Crippen LogP contribution in [0.15, 0.2) is 35.9 Å². The van der Waals surface area contributed by atoms with Gasteiger partial charge in [-0.2, -0.15) is 0 Å². The van der Waals surface area contributed by atoms with Gasteiger partial charge in [0.15, 0.2) is 0 Å². The highest BCUT2D eigenvalue weighted by molar-refractivity contribution is 5.98. The number of aliphatic carboxylic acids is 1. The first-order valence-electron chi connectivity index (χ1n) is 6.03. The molecule has 2 N–H and O–H groups in total. The van der Waals surface area contributed by atoms with Gasteiger partial charge in [-0.25, -0.2) is 4.79 Å². The first kappa shape index (κ1) is 10.5. The summed E-state index contributed by atoms with van der Waals surface area (Å²) in [5.74, 6) is -0.776. The van der Waals surface area contributed by atoms with Gasteiger partial charge < -0.3 is 10.4 Å². The molecule has 0 radical (unpaired) electrons. The van der Waals surface area contributed by atoms with Crippen LogP contribution in [0, 0.1) is 0 Å². The molecule has 0 spiro atoms. The smallest absolute Gasteiger partial charge is 0.333 e. The summed E-state index contributed by atoms with van der Waals surface area (Å²) in [5.41, 5.74) is 2.65. The van der Waals surface area contributed by atoms with Gasteiger partial charge in [0, 0.05) is 12.1 Å². The summed E-state index contributed by atoms with van der Waals surface area (Å²) < 4.78 is 0. The molecule has 17 heavy (non-hydrogen) atoms. The van der Waals surface area contributed by atoms with Crippen LogP contribution in [0.2, 0.25) is 0 Å². The van der Waals surface area contributed by atoms with Gasteiger partial charge in [0.05, 0.1) is 5.57 Å². The van der Waals surface area contributed by atoms with Gasteiger partial charge in [-0.3, -0.25) is 0 Å². The summed E-state index contributed by atoms with van der Waals surface area (Å²) in [7, 11) is 0. The number of rotatable bonds is 2. The topological polar surface area (TPSA) is 49.3 Å². The lowest BCUT2D eigenvalue weighted by molar-refractivity contribution is -0.133. The van der Waals surface area contributed by atoms with E-state index in [1.807, 2.05) is 30.3 Å². The fraction of sp³-hybridized carbons (Fsp3) is 0.357. The molecule has 1 aromatic rings. The van der Waals surface area contributed by atoms with Gasteiger partial charge in [-0.05, 0) is 30.4 Å². The molecule has 3 heteroatoms. The third kappa shape index (κ3) is 1.76. The molecular weight excluding hydrogens is 214 g/mol. The van der Waals surface area contributed by atoms with Gasteiger partial charge in [0.1, 0.15) is 0 Å². The van der Waals surface area contributed by atoms with Crippen LogP contribution < -0.4 is 5.32 Å². The van der Waals surface area contributed by atoms with Crippen LogP contribution in [0.3, 0.4) is 0 Å². The number of benzene rings is 1. The van der Waals surface area contributed by atoms with Gasteiger partial charge >= 0.3 is 5.97 Å². The van der Waals surface area contributed by atoms with Gasteiger partial charge in [0.25, 0.3) is 0 Å². The average molecular weight is 229 g/mol. The molecule has 2 atom stereocenters. The number of nitrogens with one attached hydrogen (secondary N) is 1. The van der Waals surface area contributed by atoms with Crippen LogP contribution in [-0.2, 0) is 4.79 Å². The van der Waals surface area contributed by atoms with Crippen molar-refractivity contribution in [2.45, 2.75) is 31.3 Å². The minimum absolute atomic E-state index is 0.0430. The summed E-state index contributed by atoms with van der Waals surface area (Å²) in [6.45, 7) is 0. The van der Waals surface area contributed by atoms with Crippen molar-refractivity contribution in [1.29, 1.82) is 0 Å². The Bertz CT molecular complexity index is 478. The molecule has 2 aliphatic heterocycles. The number of carboxylic acids is 1. The van der Waals surface area contributed by atoms with Crippen LogP contribution in [0.5, 0.6) is 0 Å². The van der Waals surface area contributed by atoms with Crippen molar-refractivity contribution in [3.05, 3.63) is 41.5 Å². The zero-order valence-corrected chi connectivity index (χ0v) is 9.52. The van der Waals surface area contributed by atoms with Crippen LogP contribution >= 0.6 is 0 Å². The predicted octanol–water partition coefficient (Wildman–Crippen LogP) is 2.05. The monoisotopic (exact) mass is 229 g/mol. The summed E-state index contributed by atoms with van der Waals surface area (Å²) in [4.78, 5) is 11.4. The van der Waals surface area contributed by atoms with E-state index in [1.165, 1.54) is 0 Å². The van der Waals surface area contributed by atoms with E-state index in [1.54, 1.807) is 0 Å². The summed E-state index contributed by atoms with van der Waals surface area (Å²) in [6, 6.07) is 10.4. The lowest BCUT2D eigenvalue weighted by atomic mass is 9.90. The minimum atomic E-state index is -0.776. The van der Waals surface area contributed by atoms with E-state index in [-0.39, 0.29) is 6.04 Å². The fourth-order valence-electron chi connectivity index (χ4n) is 2.97. The Morgan fingerprint density at radius 1 is 1.24 bits per heavy atom. The average Bonchev–Trinajstić information content (AvgIpc) is 2.71. The maximum Gasteiger partial charge on any atom is 0.333 e. The Balaban J connectivity index is 2.10. The van der Waals surface area contributed by atoms with E-state index < -0.39 is 5.97 Å². The lowest BCUT2D eigenvalue weighted by Gasteiger charge is -2.25. The third-order valence-electron chi connectivity index (χ3n) is 3.72. The SMILES string of the molecule is O=C(O)C1=C(c2ccccc2)CC2CCC1N2. The summed E-state index contributed by atoms with van der Waals surface area (Å²) in [6.07, 6.45) is 2.86. The van der Waals surface area contributed by atoms with E-state index in [9.17, 15) is 9.90 Å². The van der Waals surface area contributed by atoms with E-state index in [0.29, 0.717) is 11.6 Å². The van der Waals surface area contributed by atoms with Gasteiger partial charge in [-0.1, -0.05) is 30.3 Å². The molecule has 3 rings (SSSR count). The van der Waals surface area contributed by atoms with Crippen molar-refractivity contribution in [3.63, 3.8) is 0 Å². The maximum absolute atomic E-state index is 11.4. The Labute approximate surface area is 100 Å². The van der Waals surface area contributed by atoms with Crippen molar-refractivity contribution in [2.24, 2.45) is 0 Å². The molecule has 2 aliphatic rings. The van der Waals surface area contributed by atoms with Crippen LogP contribution in [-0.4, -0.2) is 23.2 Å². The fourth-order valence-corrected chi connectivity index (χ4v) is 2.97. The number of hydrogen-bond acceptors (Lipinski definition) is 2. The molecule has 88 valence electrons. The Hall–Kier alpha value is -1.61.